The lowest BCUT2D eigenvalue weighted by Crippen LogP contribution is -2.12. The van der Waals surface area contributed by atoms with Crippen molar-refractivity contribution in [3.8, 4) is 5.75 Å². The molecule has 8 heteroatoms. The number of halogens is 1. The number of nitrogens with one attached hydrogen (secondary N) is 1. The van der Waals surface area contributed by atoms with Gasteiger partial charge in [-0.25, -0.2) is 4.98 Å². The van der Waals surface area contributed by atoms with E-state index in [-0.39, 0.29) is 17.7 Å². The molecule has 0 aliphatic heterocycles. The maximum atomic E-state index is 12.0. The van der Waals surface area contributed by atoms with Crippen LogP contribution in [0.4, 0.5) is 5.13 Å². The molecule has 1 aromatic heterocycles. The summed E-state index contributed by atoms with van der Waals surface area (Å²) in [7, 11) is 1.29. The number of phenols is 1. The predicted molar refractivity (Wildman–Crippen MR) is 78.9 cm³/mol. The molecular weight excluding hydrogens is 316 g/mol. The molecule has 2 aromatic rings. The van der Waals surface area contributed by atoms with Gasteiger partial charge in [0, 0.05) is 10.4 Å². The van der Waals surface area contributed by atoms with Gasteiger partial charge in [-0.2, -0.15) is 0 Å². The van der Waals surface area contributed by atoms with Crippen LogP contribution in [0.1, 0.15) is 16.1 Å². The summed E-state index contributed by atoms with van der Waals surface area (Å²) in [5.41, 5.74) is 0.546. The van der Waals surface area contributed by atoms with E-state index in [4.69, 9.17) is 11.6 Å². The number of methoxy groups -OCH3 is 1. The zero-order valence-electron chi connectivity index (χ0n) is 10.9. The van der Waals surface area contributed by atoms with Crippen LogP contribution in [0.3, 0.4) is 0 Å². The number of aromatic nitrogens is 1. The van der Waals surface area contributed by atoms with Crippen molar-refractivity contribution in [2.24, 2.45) is 0 Å². The fourth-order valence-corrected chi connectivity index (χ4v) is 2.40. The van der Waals surface area contributed by atoms with Crippen LogP contribution in [0.15, 0.2) is 23.6 Å². The number of esters is 1. The molecule has 0 bridgehead atoms. The number of rotatable bonds is 4. The third kappa shape index (κ3) is 3.93. The molecule has 0 saturated heterocycles. The van der Waals surface area contributed by atoms with Crippen molar-refractivity contribution in [3.05, 3.63) is 39.9 Å². The summed E-state index contributed by atoms with van der Waals surface area (Å²) in [5, 5.41) is 14.5. The van der Waals surface area contributed by atoms with Crippen LogP contribution in [0, 0.1) is 0 Å². The Kier molecular flexibility index (Phi) is 4.77. The Morgan fingerprint density at radius 2 is 2.24 bits per heavy atom. The van der Waals surface area contributed by atoms with E-state index in [1.54, 1.807) is 5.38 Å². The standard InChI is InChI=1S/C13H11ClN2O4S/c1-20-11(18)5-8-6-21-13(15-8)16-12(19)9-4-7(14)2-3-10(9)17/h2-4,6,17H,5H2,1H3,(H,15,16,19). The van der Waals surface area contributed by atoms with Gasteiger partial charge >= 0.3 is 5.97 Å². The normalized spacial score (nSPS) is 10.2. The molecule has 2 rings (SSSR count). The quantitative estimate of drug-likeness (QED) is 0.843. The maximum absolute atomic E-state index is 12.0. The smallest absolute Gasteiger partial charge is 0.311 e. The molecule has 0 aliphatic rings. The fraction of sp³-hybridized carbons (Fsp3) is 0.154. The average Bonchev–Trinajstić information content (AvgIpc) is 2.88. The van der Waals surface area contributed by atoms with E-state index >= 15 is 0 Å². The Balaban J connectivity index is 2.09. The van der Waals surface area contributed by atoms with Gasteiger partial charge in [-0.1, -0.05) is 11.6 Å². The highest BCUT2D eigenvalue weighted by atomic mass is 35.5. The van der Waals surface area contributed by atoms with Crippen molar-refractivity contribution in [1.82, 2.24) is 4.98 Å². The van der Waals surface area contributed by atoms with E-state index in [0.717, 1.165) is 0 Å². The van der Waals surface area contributed by atoms with Crippen LogP contribution in [0.25, 0.3) is 0 Å². The molecule has 1 amide bonds. The summed E-state index contributed by atoms with van der Waals surface area (Å²) in [6.45, 7) is 0. The minimum Gasteiger partial charge on any atom is -0.507 e. The number of aromatic hydroxyl groups is 1. The Labute approximate surface area is 129 Å². The van der Waals surface area contributed by atoms with Crippen molar-refractivity contribution < 1.29 is 19.4 Å². The number of amides is 1. The SMILES string of the molecule is COC(=O)Cc1csc(NC(=O)c2cc(Cl)ccc2O)n1. The largest absolute Gasteiger partial charge is 0.507 e. The zero-order chi connectivity index (χ0) is 15.4. The molecular formula is C13H11ClN2O4S. The van der Waals surface area contributed by atoms with E-state index < -0.39 is 11.9 Å². The number of carbonyl (C=O) groups is 2. The Morgan fingerprint density at radius 1 is 1.48 bits per heavy atom. The van der Waals surface area contributed by atoms with Crippen molar-refractivity contribution in [3.63, 3.8) is 0 Å². The number of phenolic OH excluding ortho intramolecular Hbond substituents is 1. The van der Waals surface area contributed by atoms with Gasteiger partial charge in [-0.15, -0.1) is 11.3 Å². The van der Waals surface area contributed by atoms with Crippen molar-refractivity contribution in [2.45, 2.75) is 6.42 Å². The van der Waals surface area contributed by atoms with Gasteiger partial charge in [-0.05, 0) is 18.2 Å². The molecule has 0 fully saturated rings. The van der Waals surface area contributed by atoms with Crippen LogP contribution in [-0.4, -0.2) is 29.1 Å². The van der Waals surface area contributed by atoms with Gasteiger partial charge in [0.25, 0.3) is 5.91 Å². The van der Waals surface area contributed by atoms with Crippen LogP contribution in [0.5, 0.6) is 5.75 Å². The summed E-state index contributed by atoms with van der Waals surface area (Å²) >= 11 is 6.96. The Morgan fingerprint density at radius 3 is 2.95 bits per heavy atom. The third-order valence-corrected chi connectivity index (χ3v) is 3.57. The van der Waals surface area contributed by atoms with Crippen molar-refractivity contribution in [2.75, 3.05) is 12.4 Å². The van der Waals surface area contributed by atoms with Crippen LogP contribution in [0.2, 0.25) is 5.02 Å². The van der Waals surface area contributed by atoms with Crippen LogP contribution in [-0.2, 0) is 16.0 Å². The molecule has 1 heterocycles. The summed E-state index contributed by atoms with van der Waals surface area (Å²) in [6.07, 6.45) is 0.0330. The summed E-state index contributed by atoms with van der Waals surface area (Å²) in [4.78, 5) is 27.2. The second-order valence-electron chi connectivity index (χ2n) is 4.01. The molecule has 0 aliphatic carbocycles. The number of hydrogen-bond acceptors (Lipinski definition) is 6. The molecule has 21 heavy (non-hydrogen) atoms. The molecule has 1 aromatic carbocycles. The van der Waals surface area contributed by atoms with Crippen LogP contribution < -0.4 is 5.32 Å². The molecule has 6 nitrogen and oxygen atoms in total. The Bertz CT molecular complexity index is 687. The first-order valence-corrected chi connectivity index (χ1v) is 7.06. The molecule has 0 unspecified atom stereocenters. The number of benzene rings is 1. The fourth-order valence-electron chi connectivity index (χ4n) is 1.52. The van der Waals surface area contributed by atoms with Gasteiger partial charge in [0.2, 0.25) is 0 Å². The van der Waals surface area contributed by atoms with E-state index in [1.807, 2.05) is 0 Å². The van der Waals surface area contributed by atoms with Crippen molar-refractivity contribution in [1.29, 1.82) is 0 Å². The first-order chi connectivity index (χ1) is 9.99. The monoisotopic (exact) mass is 326 g/mol. The summed E-state index contributed by atoms with van der Waals surface area (Å²) in [5.74, 6) is -1.12. The number of anilines is 1. The number of hydrogen-bond donors (Lipinski definition) is 2. The minimum absolute atomic E-state index is 0.0330. The Hall–Kier alpha value is -2.12. The van der Waals surface area contributed by atoms with E-state index in [2.05, 4.69) is 15.0 Å². The van der Waals surface area contributed by atoms with Gasteiger partial charge in [-0.3, -0.25) is 14.9 Å². The van der Waals surface area contributed by atoms with Crippen molar-refractivity contribution >= 4 is 39.9 Å². The molecule has 110 valence electrons. The van der Waals surface area contributed by atoms with Gasteiger partial charge in [0.05, 0.1) is 24.8 Å². The lowest BCUT2D eigenvalue weighted by atomic mass is 10.2. The number of carbonyl (C=O) groups excluding carboxylic acids is 2. The van der Waals surface area contributed by atoms with E-state index in [0.29, 0.717) is 15.8 Å². The lowest BCUT2D eigenvalue weighted by molar-refractivity contribution is -0.139. The second kappa shape index (κ2) is 6.55. The number of nitrogens with zero attached hydrogens (tertiary/aromatic N) is 1. The topological polar surface area (TPSA) is 88.5 Å². The minimum atomic E-state index is -0.533. The van der Waals surface area contributed by atoms with Gasteiger partial charge in [0.15, 0.2) is 5.13 Å². The van der Waals surface area contributed by atoms with Crippen LogP contribution >= 0.6 is 22.9 Å². The number of ether oxygens (including phenoxy) is 1. The first kappa shape index (κ1) is 15.3. The molecule has 0 radical (unpaired) electrons. The number of thiazole rings is 1. The van der Waals surface area contributed by atoms with Gasteiger partial charge < -0.3 is 9.84 Å². The van der Waals surface area contributed by atoms with E-state index in [1.165, 1.54) is 36.6 Å². The highest BCUT2D eigenvalue weighted by molar-refractivity contribution is 7.14. The van der Waals surface area contributed by atoms with Gasteiger partial charge in [0.1, 0.15) is 5.75 Å². The molecule has 0 atom stereocenters. The third-order valence-electron chi connectivity index (χ3n) is 2.53. The summed E-state index contributed by atoms with van der Waals surface area (Å²) in [6, 6.07) is 4.17. The molecule has 2 N–H and O–H groups in total. The first-order valence-electron chi connectivity index (χ1n) is 5.80. The molecule has 0 spiro atoms. The lowest BCUT2D eigenvalue weighted by Gasteiger charge is -2.04. The maximum Gasteiger partial charge on any atom is 0.311 e. The predicted octanol–water partition coefficient (Wildman–Crippen LogP) is 2.47. The highest BCUT2D eigenvalue weighted by Crippen LogP contribution is 2.23. The molecule has 0 saturated carbocycles. The summed E-state index contributed by atoms with van der Waals surface area (Å²) < 4.78 is 4.53. The average molecular weight is 327 g/mol. The second-order valence-corrected chi connectivity index (χ2v) is 5.31. The van der Waals surface area contributed by atoms with E-state index in [9.17, 15) is 14.7 Å². The zero-order valence-corrected chi connectivity index (χ0v) is 12.5. The highest BCUT2D eigenvalue weighted by Gasteiger charge is 2.14.